The molecule has 4 heterocycles. The first-order valence-corrected chi connectivity index (χ1v) is 17.4. The second-order valence-electron chi connectivity index (χ2n) is 13.3. The average molecular weight is 700 g/mol. The van der Waals surface area contributed by atoms with E-state index in [-0.39, 0.29) is 17.5 Å². The first kappa shape index (κ1) is 36.1. The Morgan fingerprint density at radius 2 is 1.63 bits per heavy atom. The number of hydrogen-bond donors (Lipinski definition) is 2. The van der Waals surface area contributed by atoms with Gasteiger partial charge in [0, 0.05) is 36.2 Å². The summed E-state index contributed by atoms with van der Waals surface area (Å²) >= 11 is 0. The zero-order valence-corrected chi connectivity index (χ0v) is 28.8. The van der Waals surface area contributed by atoms with Crippen molar-refractivity contribution in [3.8, 4) is 0 Å². The maximum atomic E-state index is 13.0. The lowest BCUT2D eigenvalue weighted by atomic mass is 9.73. The van der Waals surface area contributed by atoms with E-state index in [0.29, 0.717) is 11.8 Å². The Hall–Kier alpha value is -5.71. The third kappa shape index (κ3) is 7.63. The van der Waals surface area contributed by atoms with Crippen LogP contribution in [-0.2, 0) is 4.74 Å². The summed E-state index contributed by atoms with van der Waals surface area (Å²) in [4.78, 5) is 41.9. The summed E-state index contributed by atoms with van der Waals surface area (Å²) in [5, 5.41) is 32.8. The van der Waals surface area contributed by atoms with E-state index in [1.807, 2.05) is 98.0 Å². The van der Waals surface area contributed by atoms with Crippen molar-refractivity contribution < 1.29 is 29.5 Å². The lowest BCUT2D eigenvalue weighted by Gasteiger charge is -2.50. The lowest BCUT2D eigenvalue weighted by Crippen LogP contribution is -2.54. The second-order valence-corrected chi connectivity index (χ2v) is 13.3. The van der Waals surface area contributed by atoms with E-state index in [9.17, 15) is 29.9 Å². The van der Waals surface area contributed by atoms with E-state index in [1.165, 1.54) is 18.6 Å². The number of para-hydroxylation sites is 1. The van der Waals surface area contributed by atoms with Crippen LogP contribution in [0.3, 0.4) is 0 Å². The van der Waals surface area contributed by atoms with Crippen molar-refractivity contribution in [1.82, 2.24) is 9.88 Å². The fourth-order valence-corrected chi connectivity index (χ4v) is 7.59. The molecular formula is C42H41N3O7. The summed E-state index contributed by atoms with van der Waals surface area (Å²) in [5.41, 5.74) is 1.91. The molecule has 2 N–H and O–H groups in total. The number of rotatable bonds is 10. The standard InChI is InChI=1S/C23H19NO6.C19H22N2O/c1-15(16-9-4-2-5-10-16)21(17-11-6-3-7-12-17)30-23(27)18-13-8-14-19(24(28)29)20(18)22(25)26;1-2-13-12-21-10-8-14(13)11-18(21)19(22)16-7-9-20-17-6-4-3-5-15(16)17/h2-15,21H,1H3,(H,25,26);2-7,9,13-14,18-19,22H,1,8,10-12H2. The fraction of sp³-hybridized carbons (Fsp3) is 0.262. The molecule has 52 heavy (non-hydrogen) atoms. The van der Waals surface area contributed by atoms with Crippen molar-refractivity contribution >= 4 is 28.5 Å². The molecule has 7 unspecified atom stereocenters. The van der Waals surface area contributed by atoms with Gasteiger partial charge in [0.1, 0.15) is 6.10 Å². The van der Waals surface area contributed by atoms with Gasteiger partial charge in [-0.2, -0.15) is 0 Å². The van der Waals surface area contributed by atoms with Gasteiger partial charge in [-0.3, -0.25) is 20.0 Å². The average Bonchev–Trinajstić information content (AvgIpc) is 3.19. The number of nitro groups is 1. The third-order valence-electron chi connectivity index (χ3n) is 10.3. The number of ether oxygens (including phenoxy) is 1. The maximum absolute atomic E-state index is 13.0. The first-order chi connectivity index (χ1) is 25.2. The van der Waals surface area contributed by atoms with Gasteiger partial charge in [-0.05, 0) is 66.1 Å². The molecular weight excluding hydrogens is 658 g/mol. The normalized spacial score (nSPS) is 20.8. The van der Waals surface area contributed by atoms with Crippen molar-refractivity contribution in [1.29, 1.82) is 0 Å². The Bertz CT molecular complexity index is 2050. The molecule has 266 valence electrons. The van der Waals surface area contributed by atoms with Crippen LogP contribution in [0.2, 0.25) is 0 Å². The second kappa shape index (κ2) is 16.1. The SMILES string of the molecule is C=CC1CN2CCC1CC2C(O)c1ccnc2ccccc12.CC(c1ccccc1)C(OC(=O)c1cccc([N+](=O)[O-])c1C(=O)O)c1ccccc1. The number of aliphatic hydroxyl groups excluding tert-OH is 1. The summed E-state index contributed by atoms with van der Waals surface area (Å²) in [6.45, 7) is 8.01. The summed E-state index contributed by atoms with van der Waals surface area (Å²) in [6.07, 6.45) is 5.04. The number of pyridine rings is 1. The summed E-state index contributed by atoms with van der Waals surface area (Å²) < 4.78 is 5.74. The number of carboxylic acids is 1. The minimum atomic E-state index is -1.57. The molecule has 0 spiro atoms. The molecule has 0 saturated carbocycles. The third-order valence-corrected chi connectivity index (χ3v) is 10.3. The Labute approximate surface area is 302 Å². The molecule has 0 aliphatic carbocycles. The van der Waals surface area contributed by atoms with Crippen LogP contribution in [0.15, 0.2) is 128 Å². The number of hydrogen-bond acceptors (Lipinski definition) is 8. The van der Waals surface area contributed by atoms with E-state index in [4.69, 9.17) is 4.74 Å². The molecule has 10 nitrogen and oxygen atoms in total. The smallest absolute Gasteiger partial charge is 0.343 e. The van der Waals surface area contributed by atoms with Crippen molar-refractivity contribution in [2.45, 2.75) is 43.9 Å². The molecule has 0 radical (unpaired) electrons. The number of benzene rings is 4. The van der Waals surface area contributed by atoms with Crippen LogP contribution in [-0.4, -0.2) is 56.1 Å². The first-order valence-electron chi connectivity index (χ1n) is 17.4. The predicted molar refractivity (Wildman–Crippen MR) is 198 cm³/mol. The number of aromatic carboxylic acids is 1. The van der Waals surface area contributed by atoms with Gasteiger partial charge in [-0.25, -0.2) is 9.59 Å². The number of aromatic nitrogens is 1. The highest BCUT2D eigenvalue weighted by Gasteiger charge is 2.42. The monoisotopic (exact) mass is 699 g/mol. The zero-order valence-electron chi connectivity index (χ0n) is 28.8. The molecule has 3 fully saturated rings. The Kier molecular flexibility index (Phi) is 11.2. The van der Waals surface area contributed by atoms with Gasteiger partial charge in [-0.15, -0.1) is 6.58 Å². The van der Waals surface area contributed by atoms with Crippen LogP contribution in [0.25, 0.3) is 10.9 Å². The highest BCUT2D eigenvalue weighted by atomic mass is 16.6. The summed E-state index contributed by atoms with van der Waals surface area (Å²) in [6, 6.07) is 32.3. The predicted octanol–water partition coefficient (Wildman–Crippen LogP) is 8.16. The quantitative estimate of drug-likeness (QED) is 0.0639. The molecule has 10 heteroatoms. The molecule has 7 atom stereocenters. The van der Waals surface area contributed by atoms with Crippen molar-refractivity contribution in [3.05, 3.63) is 166 Å². The minimum absolute atomic E-state index is 0.223. The van der Waals surface area contributed by atoms with E-state index < -0.39 is 40.3 Å². The lowest BCUT2D eigenvalue weighted by molar-refractivity contribution is -0.385. The molecule has 5 aromatic rings. The highest BCUT2D eigenvalue weighted by molar-refractivity contribution is 6.05. The van der Waals surface area contributed by atoms with Gasteiger partial charge in [-0.1, -0.05) is 97.9 Å². The van der Waals surface area contributed by atoms with Gasteiger partial charge >= 0.3 is 11.9 Å². The summed E-state index contributed by atoms with van der Waals surface area (Å²) in [5.74, 6) is -1.49. The number of carboxylic acid groups (broad SMARTS) is 1. The molecule has 2 bridgehead atoms. The van der Waals surface area contributed by atoms with Gasteiger partial charge in [0.2, 0.25) is 0 Å². The van der Waals surface area contributed by atoms with E-state index >= 15 is 0 Å². The number of carbonyl (C=O) groups excluding carboxylic acids is 1. The molecule has 3 saturated heterocycles. The highest BCUT2D eigenvalue weighted by Crippen LogP contribution is 2.42. The Morgan fingerprint density at radius 3 is 2.27 bits per heavy atom. The number of esters is 1. The number of fused-ring (bicyclic) bond motifs is 4. The number of nitro benzene ring substituents is 1. The van der Waals surface area contributed by atoms with E-state index in [0.717, 1.165) is 53.2 Å². The zero-order chi connectivity index (χ0) is 36.8. The Balaban J connectivity index is 0.000000186. The minimum Gasteiger partial charge on any atom is -0.477 e. The molecule has 0 amide bonds. The number of carbonyl (C=O) groups is 2. The Morgan fingerprint density at radius 1 is 0.962 bits per heavy atom. The molecule has 3 aliphatic rings. The van der Waals surface area contributed by atoms with Crippen LogP contribution in [0.4, 0.5) is 5.69 Å². The number of nitrogens with zero attached hydrogens (tertiary/aromatic N) is 3. The maximum Gasteiger partial charge on any atom is 0.343 e. The van der Waals surface area contributed by atoms with Crippen molar-refractivity contribution in [3.63, 3.8) is 0 Å². The number of piperidine rings is 3. The molecule has 8 rings (SSSR count). The molecule has 1 aromatic heterocycles. The molecule has 4 aromatic carbocycles. The number of aliphatic hydroxyl groups is 1. The van der Waals surface area contributed by atoms with Gasteiger partial charge in [0.15, 0.2) is 5.56 Å². The largest absolute Gasteiger partial charge is 0.477 e. The van der Waals surface area contributed by atoms with Crippen LogP contribution < -0.4 is 0 Å². The van der Waals surface area contributed by atoms with Gasteiger partial charge in [0.25, 0.3) is 5.69 Å². The van der Waals surface area contributed by atoms with Gasteiger partial charge in [0.05, 0.1) is 22.1 Å². The van der Waals surface area contributed by atoms with E-state index in [2.05, 4.69) is 28.6 Å². The van der Waals surface area contributed by atoms with Gasteiger partial charge < -0.3 is 14.9 Å². The van der Waals surface area contributed by atoms with Crippen molar-refractivity contribution in [2.24, 2.45) is 11.8 Å². The van der Waals surface area contributed by atoms with Crippen LogP contribution in [0.1, 0.15) is 75.3 Å². The molecule has 3 aliphatic heterocycles. The summed E-state index contributed by atoms with van der Waals surface area (Å²) in [7, 11) is 0. The van der Waals surface area contributed by atoms with Crippen LogP contribution in [0.5, 0.6) is 0 Å². The van der Waals surface area contributed by atoms with Crippen LogP contribution in [0, 0.1) is 22.0 Å². The topological polar surface area (TPSA) is 143 Å². The van der Waals surface area contributed by atoms with E-state index in [1.54, 1.807) is 0 Å². The van der Waals surface area contributed by atoms with Crippen LogP contribution >= 0.6 is 0 Å². The fourth-order valence-electron chi connectivity index (χ4n) is 7.59. The van der Waals surface area contributed by atoms with Crippen molar-refractivity contribution in [2.75, 3.05) is 13.1 Å².